The maximum Gasteiger partial charge on any atom is 0.120 e. The summed E-state index contributed by atoms with van der Waals surface area (Å²) in [6.45, 7) is 8.81. The minimum absolute atomic E-state index is 0.380. The Labute approximate surface area is 145 Å². The first-order valence-corrected chi connectivity index (χ1v) is 8.69. The zero-order valence-corrected chi connectivity index (χ0v) is 14.2. The van der Waals surface area contributed by atoms with E-state index in [1.54, 1.807) is 0 Å². The van der Waals surface area contributed by atoms with Crippen LogP contribution < -0.4 is 10.1 Å². The van der Waals surface area contributed by atoms with E-state index in [0.29, 0.717) is 12.6 Å². The van der Waals surface area contributed by atoms with Crippen molar-refractivity contribution in [2.45, 2.75) is 19.1 Å². The molecule has 2 aromatic rings. The van der Waals surface area contributed by atoms with Crippen molar-refractivity contribution in [3.8, 4) is 5.75 Å². The summed E-state index contributed by atoms with van der Waals surface area (Å²) in [6, 6.07) is 19.2. The first kappa shape index (κ1) is 16.7. The molecule has 0 amide bonds. The summed E-state index contributed by atoms with van der Waals surface area (Å²) in [5.74, 6) is 0.931. The van der Waals surface area contributed by atoms with Crippen LogP contribution in [0.2, 0.25) is 0 Å². The Morgan fingerprint density at radius 3 is 2.62 bits per heavy atom. The van der Waals surface area contributed by atoms with Gasteiger partial charge in [0.05, 0.1) is 0 Å². The SMILES string of the molecule is C=CC[C@H](c1cccc(OCc2ccccc2)c1)N1CCNCC1. The molecule has 1 saturated heterocycles. The number of benzene rings is 2. The average Bonchev–Trinajstić information content (AvgIpc) is 2.66. The highest BCUT2D eigenvalue weighted by atomic mass is 16.5. The molecule has 0 aliphatic carbocycles. The van der Waals surface area contributed by atoms with Gasteiger partial charge < -0.3 is 10.1 Å². The molecule has 0 aromatic heterocycles. The topological polar surface area (TPSA) is 24.5 Å². The highest BCUT2D eigenvalue weighted by molar-refractivity contribution is 5.31. The van der Waals surface area contributed by atoms with Crippen LogP contribution in [0.4, 0.5) is 0 Å². The Hall–Kier alpha value is -2.10. The van der Waals surface area contributed by atoms with Crippen molar-refractivity contribution in [1.82, 2.24) is 10.2 Å². The van der Waals surface area contributed by atoms with Crippen LogP contribution in [0.3, 0.4) is 0 Å². The molecule has 3 nitrogen and oxygen atoms in total. The molecule has 1 fully saturated rings. The van der Waals surface area contributed by atoms with Crippen molar-refractivity contribution in [1.29, 1.82) is 0 Å². The molecule has 1 atom stereocenters. The second-order valence-electron chi connectivity index (χ2n) is 6.17. The first-order valence-electron chi connectivity index (χ1n) is 8.69. The van der Waals surface area contributed by atoms with Crippen LogP contribution in [0.15, 0.2) is 67.3 Å². The molecule has 1 heterocycles. The van der Waals surface area contributed by atoms with Crippen molar-refractivity contribution in [3.63, 3.8) is 0 Å². The molecular weight excluding hydrogens is 296 g/mol. The molecule has 3 rings (SSSR count). The standard InChI is InChI=1S/C21H26N2O/c1-2-7-21(23-14-12-22-13-15-23)19-10-6-11-20(16-19)24-17-18-8-4-3-5-9-18/h2-6,8-11,16,21-22H,1,7,12-15,17H2/t21-/m1/s1. The number of nitrogens with one attached hydrogen (secondary N) is 1. The van der Waals surface area contributed by atoms with Crippen molar-refractivity contribution < 1.29 is 4.74 Å². The van der Waals surface area contributed by atoms with E-state index in [2.05, 4.69) is 47.1 Å². The Balaban J connectivity index is 1.71. The van der Waals surface area contributed by atoms with E-state index in [0.717, 1.165) is 38.3 Å². The fourth-order valence-corrected chi connectivity index (χ4v) is 3.20. The normalized spacial score (nSPS) is 16.5. The number of rotatable bonds is 7. The summed E-state index contributed by atoms with van der Waals surface area (Å²) in [7, 11) is 0. The number of hydrogen-bond donors (Lipinski definition) is 1. The van der Waals surface area contributed by atoms with Crippen LogP contribution in [0.5, 0.6) is 5.75 Å². The number of ether oxygens (including phenoxy) is 1. The Morgan fingerprint density at radius 1 is 1.08 bits per heavy atom. The van der Waals surface area contributed by atoms with E-state index in [1.807, 2.05) is 30.3 Å². The van der Waals surface area contributed by atoms with Gasteiger partial charge in [-0.1, -0.05) is 48.5 Å². The van der Waals surface area contributed by atoms with Gasteiger partial charge in [-0.2, -0.15) is 0 Å². The van der Waals surface area contributed by atoms with Crippen LogP contribution in [-0.4, -0.2) is 31.1 Å². The van der Waals surface area contributed by atoms with Crippen molar-refractivity contribution in [3.05, 3.63) is 78.4 Å². The second-order valence-corrected chi connectivity index (χ2v) is 6.17. The Morgan fingerprint density at radius 2 is 1.88 bits per heavy atom. The third-order valence-corrected chi connectivity index (χ3v) is 4.47. The second kappa shape index (κ2) is 8.67. The Kier molecular flexibility index (Phi) is 6.05. The van der Waals surface area contributed by atoms with Crippen molar-refractivity contribution in [2.24, 2.45) is 0 Å². The maximum absolute atomic E-state index is 5.99. The van der Waals surface area contributed by atoms with Gasteiger partial charge in [-0.25, -0.2) is 0 Å². The van der Waals surface area contributed by atoms with Crippen LogP contribution >= 0.6 is 0 Å². The van der Waals surface area contributed by atoms with Crippen LogP contribution in [0, 0.1) is 0 Å². The summed E-state index contributed by atoms with van der Waals surface area (Å²) >= 11 is 0. The molecule has 1 N–H and O–H groups in total. The van der Waals surface area contributed by atoms with E-state index in [-0.39, 0.29) is 0 Å². The van der Waals surface area contributed by atoms with Crippen LogP contribution in [-0.2, 0) is 6.61 Å². The lowest BCUT2D eigenvalue weighted by molar-refractivity contribution is 0.174. The van der Waals surface area contributed by atoms with Gasteiger partial charge in [0.25, 0.3) is 0 Å². The van der Waals surface area contributed by atoms with Crippen molar-refractivity contribution >= 4 is 0 Å². The molecule has 0 spiro atoms. The van der Waals surface area contributed by atoms with Gasteiger partial charge in [0.2, 0.25) is 0 Å². The predicted molar refractivity (Wildman–Crippen MR) is 99.2 cm³/mol. The van der Waals surface area contributed by atoms with Gasteiger partial charge in [0.15, 0.2) is 0 Å². The molecule has 0 radical (unpaired) electrons. The molecule has 126 valence electrons. The lowest BCUT2D eigenvalue weighted by Crippen LogP contribution is -2.45. The molecule has 0 unspecified atom stereocenters. The summed E-state index contributed by atoms with van der Waals surface area (Å²) in [5, 5.41) is 3.42. The van der Waals surface area contributed by atoms with E-state index in [9.17, 15) is 0 Å². The minimum atomic E-state index is 0.380. The number of piperazine rings is 1. The lowest BCUT2D eigenvalue weighted by atomic mass is 10.0. The molecule has 1 aliphatic rings. The zero-order valence-electron chi connectivity index (χ0n) is 14.2. The van der Waals surface area contributed by atoms with Gasteiger partial charge in [0, 0.05) is 32.2 Å². The van der Waals surface area contributed by atoms with Gasteiger partial charge in [-0.05, 0) is 29.7 Å². The van der Waals surface area contributed by atoms with Crippen LogP contribution in [0.1, 0.15) is 23.6 Å². The van der Waals surface area contributed by atoms with E-state index in [4.69, 9.17) is 4.74 Å². The number of hydrogen-bond acceptors (Lipinski definition) is 3. The molecule has 3 heteroatoms. The molecular formula is C21H26N2O. The molecule has 0 bridgehead atoms. The van der Waals surface area contributed by atoms with E-state index < -0.39 is 0 Å². The zero-order chi connectivity index (χ0) is 16.6. The monoisotopic (exact) mass is 322 g/mol. The van der Waals surface area contributed by atoms with Crippen molar-refractivity contribution in [2.75, 3.05) is 26.2 Å². The predicted octanol–water partition coefficient (Wildman–Crippen LogP) is 3.79. The highest BCUT2D eigenvalue weighted by Gasteiger charge is 2.21. The molecule has 1 aliphatic heterocycles. The van der Waals surface area contributed by atoms with Gasteiger partial charge in [0.1, 0.15) is 12.4 Å². The third-order valence-electron chi connectivity index (χ3n) is 4.47. The summed E-state index contributed by atoms with van der Waals surface area (Å²) in [5.41, 5.74) is 2.50. The highest BCUT2D eigenvalue weighted by Crippen LogP contribution is 2.28. The average molecular weight is 322 g/mol. The lowest BCUT2D eigenvalue weighted by Gasteiger charge is -2.35. The first-order chi connectivity index (χ1) is 11.9. The fourth-order valence-electron chi connectivity index (χ4n) is 3.20. The largest absolute Gasteiger partial charge is 0.489 e. The smallest absolute Gasteiger partial charge is 0.120 e. The summed E-state index contributed by atoms with van der Waals surface area (Å²) in [4.78, 5) is 2.54. The minimum Gasteiger partial charge on any atom is -0.489 e. The molecule has 2 aromatic carbocycles. The summed E-state index contributed by atoms with van der Waals surface area (Å²) < 4.78 is 5.99. The van der Waals surface area contributed by atoms with E-state index in [1.165, 1.54) is 11.1 Å². The van der Waals surface area contributed by atoms with Crippen LogP contribution in [0.25, 0.3) is 0 Å². The summed E-state index contributed by atoms with van der Waals surface area (Å²) in [6.07, 6.45) is 2.98. The number of nitrogens with zero attached hydrogens (tertiary/aromatic N) is 1. The fraction of sp³-hybridized carbons (Fsp3) is 0.333. The third kappa shape index (κ3) is 4.47. The van der Waals surface area contributed by atoms with E-state index >= 15 is 0 Å². The molecule has 24 heavy (non-hydrogen) atoms. The quantitative estimate of drug-likeness (QED) is 0.785. The molecule has 0 saturated carbocycles. The van der Waals surface area contributed by atoms with Gasteiger partial charge >= 0.3 is 0 Å². The Bertz CT molecular complexity index is 635. The van der Waals surface area contributed by atoms with Gasteiger partial charge in [-0.15, -0.1) is 6.58 Å². The van der Waals surface area contributed by atoms with Gasteiger partial charge in [-0.3, -0.25) is 4.90 Å². The maximum atomic E-state index is 5.99.